The fourth-order valence-corrected chi connectivity index (χ4v) is 31.9. The van der Waals surface area contributed by atoms with Gasteiger partial charge >= 0.3 is 0 Å². The van der Waals surface area contributed by atoms with Crippen molar-refractivity contribution in [2.75, 3.05) is 34.5 Å². The Labute approximate surface area is 741 Å². The first-order valence-corrected chi connectivity index (χ1v) is 59.3. The van der Waals surface area contributed by atoms with Gasteiger partial charge in [0.25, 0.3) is 0 Å². The van der Waals surface area contributed by atoms with E-state index in [9.17, 15) is 0 Å². The lowest BCUT2D eigenvalue weighted by atomic mass is 9.80. The molecule has 0 nitrogen and oxygen atoms in total. The third-order valence-corrected chi connectivity index (χ3v) is 39.4. The number of rotatable bonds is 72. The van der Waals surface area contributed by atoms with Gasteiger partial charge in [-0.05, 0) is 148 Å². The maximum Gasteiger partial charge on any atom is 0.0368 e. The highest BCUT2D eigenvalue weighted by Crippen LogP contribution is 2.58. The van der Waals surface area contributed by atoms with Crippen molar-refractivity contribution in [2.45, 2.75) is 572 Å². The van der Waals surface area contributed by atoms with Crippen molar-refractivity contribution >= 4 is 70.6 Å². The fourth-order valence-electron chi connectivity index (χ4n) is 22.1. The molecule has 0 unspecified atom stereocenters. The average molecular weight is 1690 g/mol. The van der Waals surface area contributed by atoms with E-state index in [2.05, 4.69) is 112 Å². The van der Waals surface area contributed by atoms with Crippen molar-refractivity contribution in [3.05, 3.63) is 0 Å². The summed E-state index contributed by atoms with van der Waals surface area (Å²) in [5.41, 5.74) is 0. The van der Waals surface area contributed by atoms with Crippen LogP contribution in [0.25, 0.3) is 0 Å². The first-order valence-electron chi connectivity index (χ1n) is 53.4. The van der Waals surface area contributed by atoms with Crippen LogP contribution in [-0.2, 0) is 0 Å². The molecule has 0 saturated heterocycles. The molecule has 6 saturated carbocycles. The zero-order valence-corrected chi connectivity index (χ0v) is 82.7. The minimum atomic E-state index is 0.877. The highest BCUT2D eigenvalue weighted by Gasteiger charge is 2.34. The Balaban J connectivity index is 1.20. The third-order valence-electron chi connectivity index (χ3n) is 30.6. The molecular formula is C108H198S6. The first kappa shape index (κ1) is 102. The van der Waals surface area contributed by atoms with Crippen molar-refractivity contribution in [3.8, 4) is 0 Å². The van der Waals surface area contributed by atoms with Gasteiger partial charge in [-0.2, -0.15) is 0 Å². The van der Waals surface area contributed by atoms with E-state index in [0.717, 1.165) is 71.0 Å². The first-order chi connectivity index (χ1) is 56.4. The van der Waals surface area contributed by atoms with Gasteiger partial charge in [-0.25, -0.2) is 0 Å². The maximum absolute atomic E-state index is 2.50. The van der Waals surface area contributed by atoms with Gasteiger partial charge in [0.1, 0.15) is 0 Å². The van der Waals surface area contributed by atoms with Crippen molar-refractivity contribution in [1.29, 1.82) is 0 Å². The predicted molar refractivity (Wildman–Crippen MR) is 527 cm³/mol. The molecule has 0 radical (unpaired) electrons. The van der Waals surface area contributed by atoms with Gasteiger partial charge in [0, 0.05) is 63.9 Å². The van der Waals surface area contributed by atoms with Crippen LogP contribution in [0.3, 0.4) is 0 Å². The summed E-state index contributed by atoms with van der Waals surface area (Å²) in [5, 5.41) is 0. The second-order valence-corrected chi connectivity index (χ2v) is 46.9. The zero-order valence-electron chi connectivity index (χ0n) is 77.8. The molecule has 0 N–H and O–H groups in total. The molecule has 0 bridgehead atoms. The second-order valence-electron chi connectivity index (χ2n) is 40.7. The van der Waals surface area contributed by atoms with Gasteiger partial charge in [-0.3, -0.25) is 0 Å². The van der Waals surface area contributed by atoms with Gasteiger partial charge in [0.05, 0.1) is 0 Å². The van der Waals surface area contributed by atoms with Crippen molar-refractivity contribution in [1.82, 2.24) is 0 Å². The largest absolute Gasteiger partial charge is 0.123 e. The number of hydrogen-bond acceptors (Lipinski definition) is 6. The van der Waals surface area contributed by atoms with Gasteiger partial charge in [0.15, 0.2) is 0 Å². The maximum atomic E-state index is 2.50. The summed E-state index contributed by atoms with van der Waals surface area (Å²) < 4.78 is 0. The third kappa shape index (κ3) is 46.5. The standard InChI is InChI=1S/C108H198S6/c1-7-13-19-25-31-37-43-49-55-91-61-73-97(74-62-91)85-109-103-104(110-86-98-75-63-92(64-76-98)56-50-44-38-32-26-20-14-8-2)106(112-88-100-79-67-94(68-80-100)58-52-46-40-34-28-22-16-10-4)108(114-90-102-83-71-96(72-84-102)60-54-48-42-36-30-24-18-12-6)107(113-89-101-81-69-95(70-82-101)59-53-47-41-35-29-23-17-11-5)105(103)111-87-99-77-65-93(66-78-99)57-51-45-39-33-27-21-15-9-3/h91-102H,7-90H2,1-6H3. The van der Waals surface area contributed by atoms with Crippen LogP contribution in [0.2, 0.25) is 0 Å². The van der Waals surface area contributed by atoms with E-state index in [1.165, 1.54) is 535 Å². The van der Waals surface area contributed by atoms with E-state index >= 15 is 0 Å². The number of benzene rings is 1. The quantitative estimate of drug-likeness (QED) is 0.0468. The van der Waals surface area contributed by atoms with E-state index in [4.69, 9.17) is 0 Å². The van der Waals surface area contributed by atoms with Gasteiger partial charge in [-0.15, -0.1) is 70.6 Å². The van der Waals surface area contributed by atoms with E-state index in [0.29, 0.717) is 0 Å². The van der Waals surface area contributed by atoms with E-state index in [1.54, 1.807) is 0 Å². The summed E-state index contributed by atoms with van der Waals surface area (Å²) in [7, 11) is 0. The average Bonchev–Trinajstić information content (AvgIpc) is 0.761. The molecule has 0 heterocycles. The normalized spacial score (nSPS) is 24.5. The van der Waals surface area contributed by atoms with Crippen molar-refractivity contribution in [3.63, 3.8) is 0 Å². The summed E-state index contributed by atoms with van der Waals surface area (Å²) in [6, 6.07) is 0. The number of thioether (sulfide) groups is 6. The summed E-state index contributed by atoms with van der Waals surface area (Å²) in [6.07, 6.45) is 115. The lowest BCUT2D eigenvalue weighted by Gasteiger charge is -2.33. The minimum absolute atomic E-state index is 0.877. The van der Waals surface area contributed by atoms with Crippen LogP contribution in [0, 0.1) is 71.0 Å². The Kier molecular flexibility index (Phi) is 62.4. The predicted octanol–water partition coefficient (Wildman–Crippen LogP) is 40.3. The summed E-state index contributed by atoms with van der Waals surface area (Å²) in [4.78, 5) is 11.1. The number of hydrogen-bond donors (Lipinski definition) is 0. The van der Waals surface area contributed by atoms with Gasteiger partial charge in [-0.1, -0.05) is 465 Å². The minimum Gasteiger partial charge on any atom is -0.123 e. The molecule has 7 rings (SSSR count). The van der Waals surface area contributed by atoms with E-state index in [1.807, 2.05) is 29.4 Å². The zero-order chi connectivity index (χ0) is 80.0. The van der Waals surface area contributed by atoms with Crippen LogP contribution < -0.4 is 0 Å². The molecule has 1 aromatic carbocycles. The molecule has 6 heteroatoms. The lowest BCUT2D eigenvalue weighted by Crippen LogP contribution is -2.18. The molecule has 0 spiro atoms. The molecule has 0 aliphatic heterocycles. The highest BCUT2D eigenvalue weighted by atomic mass is 32.2. The molecular weight excluding hydrogens is 1490 g/mol. The molecule has 0 atom stereocenters. The van der Waals surface area contributed by atoms with Gasteiger partial charge in [0.2, 0.25) is 0 Å². The highest BCUT2D eigenvalue weighted by molar-refractivity contribution is 8.06. The Bertz CT molecular complexity index is 1870. The van der Waals surface area contributed by atoms with Gasteiger partial charge < -0.3 is 0 Å². The van der Waals surface area contributed by atoms with E-state index < -0.39 is 0 Å². The number of unbranched alkanes of at least 4 members (excludes halogenated alkanes) is 42. The molecule has 0 aromatic heterocycles. The Hall–Kier alpha value is 1.32. The van der Waals surface area contributed by atoms with Crippen molar-refractivity contribution < 1.29 is 0 Å². The van der Waals surface area contributed by atoms with Crippen LogP contribution in [0.1, 0.15) is 542 Å². The van der Waals surface area contributed by atoms with Crippen LogP contribution in [0.4, 0.5) is 0 Å². The van der Waals surface area contributed by atoms with Crippen LogP contribution >= 0.6 is 70.6 Å². The lowest BCUT2D eigenvalue weighted by molar-refractivity contribution is 0.274. The van der Waals surface area contributed by atoms with Crippen molar-refractivity contribution in [2.24, 2.45) is 71.0 Å². The van der Waals surface area contributed by atoms with Crippen LogP contribution in [0.15, 0.2) is 29.4 Å². The monoisotopic (exact) mass is 1690 g/mol. The molecule has 666 valence electrons. The SMILES string of the molecule is CCCCCCCCCCC1CCC(CSc2c(SCC3CCC(CCCCCCCCCC)CC3)c(SCC3CCC(CCCCCCCCCC)CC3)c(SCC3CCC(CCCCCCCCCC)CC3)c(SCC3CCC(CCCCCCCCCC)CC3)c2SCC2CCC(CCCCCCCCCC)CC2)CC1. The Morgan fingerprint density at radius 3 is 0.342 bits per heavy atom. The summed E-state index contributed by atoms with van der Waals surface area (Å²) >= 11 is 15.0. The summed E-state index contributed by atoms with van der Waals surface area (Å²) in [5.74, 6) is 19.4. The molecule has 114 heavy (non-hydrogen) atoms. The van der Waals surface area contributed by atoms with Crippen LogP contribution in [0.5, 0.6) is 0 Å². The molecule has 6 aliphatic rings. The Morgan fingerprint density at radius 2 is 0.228 bits per heavy atom. The molecule has 6 fully saturated rings. The fraction of sp³-hybridized carbons (Fsp3) is 0.944. The Morgan fingerprint density at radius 1 is 0.132 bits per heavy atom. The smallest absolute Gasteiger partial charge is 0.0368 e. The van der Waals surface area contributed by atoms with E-state index in [-0.39, 0.29) is 0 Å². The molecule has 0 amide bonds. The molecule has 1 aromatic rings. The topological polar surface area (TPSA) is 0 Å². The van der Waals surface area contributed by atoms with Crippen LogP contribution in [-0.4, -0.2) is 34.5 Å². The molecule has 6 aliphatic carbocycles. The summed E-state index contributed by atoms with van der Waals surface area (Å²) in [6.45, 7) is 14.2. The second kappa shape index (κ2) is 69.5.